The number of amides is 1. The summed E-state index contributed by atoms with van der Waals surface area (Å²) in [5.41, 5.74) is 5.43. The Morgan fingerprint density at radius 3 is 2.67 bits per heavy atom. The van der Waals surface area contributed by atoms with E-state index in [9.17, 15) is 4.79 Å². The van der Waals surface area contributed by atoms with Gasteiger partial charge in [0.05, 0.1) is 6.04 Å². The fraction of sp³-hybridized carbons (Fsp3) is 0.875. The molecule has 1 amide bonds. The second-order valence-corrected chi connectivity index (χ2v) is 3.32. The van der Waals surface area contributed by atoms with E-state index in [-0.39, 0.29) is 11.9 Å². The van der Waals surface area contributed by atoms with Crippen molar-refractivity contribution in [1.82, 2.24) is 10.6 Å². The van der Waals surface area contributed by atoms with Gasteiger partial charge in [-0.15, -0.1) is 0 Å². The minimum absolute atomic E-state index is 0.0399. The van der Waals surface area contributed by atoms with Gasteiger partial charge >= 0.3 is 0 Å². The summed E-state index contributed by atoms with van der Waals surface area (Å²) in [5.74, 6) is -0.0399. The molecular formula is C8H17N3O. The van der Waals surface area contributed by atoms with Gasteiger partial charge in [-0.25, -0.2) is 0 Å². The van der Waals surface area contributed by atoms with Gasteiger partial charge in [0.25, 0.3) is 0 Å². The van der Waals surface area contributed by atoms with Crippen LogP contribution in [0.4, 0.5) is 0 Å². The van der Waals surface area contributed by atoms with Crippen LogP contribution >= 0.6 is 0 Å². The predicted molar refractivity (Wildman–Crippen MR) is 47.7 cm³/mol. The van der Waals surface area contributed by atoms with Crippen LogP contribution in [0, 0.1) is 0 Å². The number of hydrogen-bond donors (Lipinski definition) is 3. The van der Waals surface area contributed by atoms with E-state index in [0.29, 0.717) is 6.04 Å². The van der Waals surface area contributed by atoms with E-state index in [4.69, 9.17) is 5.73 Å². The number of nitrogens with one attached hydrogen (secondary N) is 2. The van der Waals surface area contributed by atoms with Crippen molar-refractivity contribution >= 4 is 5.91 Å². The monoisotopic (exact) mass is 171 g/mol. The lowest BCUT2D eigenvalue weighted by atomic mass is 10.1. The van der Waals surface area contributed by atoms with Crippen LogP contribution in [0.5, 0.6) is 0 Å². The molecule has 0 aromatic carbocycles. The molecule has 1 atom stereocenters. The van der Waals surface area contributed by atoms with E-state index < -0.39 is 0 Å². The SMILES string of the molecule is C[C@H](N)C(=O)NC1CCNCC1. The summed E-state index contributed by atoms with van der Waals surface area (Å²) in [6.07, 6.45) is 2.02. The highest BCUT2D eigenvalue weighted by molar-refractivity contribution is 5.81. The lowest BCUT2D eigenvalue weighted by molar-refractivity contribution is -0.122. The first-order valence-electron chi connectivity index (χ1n) is 4.47. The zero-order valence-corrected chi connectivity index (χ0v) is 7.47. The minimum Gasteiger partial charge on any atom is -0.352 e. The van der Waals surface area contributed by atoms with E-state index >= 15 is 0 Å². The maximum Gasteiger partial charge on any atom is 0.236 e. The van der Waals surface area contributed by atoms with Crippen LogP contribution in [0.15, 0.2) is 0 Å². The first-order chi connectivity index (χ1) is 5.70. The maximum absolute atomic E-state index is 11.2. The molecule has 0 aliphatic carbocycles. The summed E-state index contributed by atoms with van der Waals surface area (Å²) < 4.78 is 0. The van der Waals surface area contributed by atoms with E-state index in [0.717, 1.165) is 25.9 Å². The maximum atomic E-state index is 11.2. The summed E-state index contributed by atoms with van der Waals surface area (Å²) in [4.78, 5) is 11.2. The third kappa shape index (κ3) is 2.79. The Morgan fingerprint density at radius 2 is 2.17 bits per heavy atom. The third-order valence-corrected chi connectivity index (χ3v) is 2.10. The van der Waals surface area contributed by atoms with Crippen molar-refractivity contribution in [3.63, 3.8) is 0 Å². The van der Waals surface area contributed by atoms with Crippen molar-refractivity contribution < 1.29 is 4.79 Å². The molecule has 1 saturated heterocycles. The molecule has 70 valence electrons. The second-order valence-electron chi connectivity index (χ2n) is 3.32. The zero-order chi connectivity index (χ0) is 8.97. The van der Waals surface area contributed by atoms with Gasteiger partial charge in [-0.1, -0.05) is 0 Å². The molecule has 0 aromatic heterocycles. The molecular weight excluding hydrogens is 154 g/mol. The topological polar surface area (TPSA) is 67.2 Å². The Labute approximate surface area is 72.9 Å². The van der Waals surface area contributed by atoms with Gasteiger partial charge in [0.2, 0.25) is 5.91 Å². The quantitative estimate of drug-likeness (QED) is 0.509. The van der Waals surface area contributed by atoms with E-state index in [1.54, 1.807) is 6.92 Å². The molecule has 1 heterocycles. The van der Waals surface area contributed by atoms with Crippen molar-refractivity contribution in [3.05, 3.63) is 0 Å². The number of piperidine rings is 1. The van der Waals surface area contributed by atoms with Gasteiger partial charge in [-0.3, -0.25) is 4.79 Å². The third-order valence-electron chi connectivity index (χ3n) is 2.10. The van der Waals surface area contributed by atoms with E-state index in [2.05, 4.69) is 10.6 Å². The Hall–Kier alpha value is -0.610. The van der Waals surface area contributed by atoms with Crippen LogP contribution < -0.4 is 16.4 Å². The molecule has 4 heteroatoms. The van der Waals surface area contributed by atoms with Crippen molar-refractivity contribution in [3.8, 4) is 0 Å². The molecule has 0 radical (unpaired) electrons. The molecule has 4 N–H and O–H groups in total. The van der Waals surface area contributed by atoms with Crippen LogP contribution in [-0.2, 0) is 4.79 Å². The second kappa shape index (κ2) is 4.42. The summed E-state index contributed by atoms with van der Waals surface area (Å²) in [7, 11) is 0. The highest BCUT2D eigenvalue weighted by Gasteiger charge is 2.16. The van der Waals surface area contributed by atoms with Crippen molar-refractivity contribution in [2.75, 3.05) is 13.1 Å². The zero-order valence-electron chi connectivity index (χ0n) is 7.47. The highest BCUT2D eigenvalue weighted by atomic mass is 16.2. The van der Waals surface area contributed by atoms with Gasteiger partial charge in [0, 0.05) is 6.04 Å². The number of hydrogen-bond acceptors (Lipinski definition) is 3. The number of nitrogens with two attached hydrogens (primary N) is 1. The Balaban J connectivity index is 2.24. The Bertz CT molecular complexity index is 152. The lowest BCUT2D eigenvalue weighted by Gasteiger charge is -2.24. The lowest BCUT2D eigenvalue weighted by Crippen LogP contribution is -2.47. The number of carbonyl (C=O) groups excluding carboxylic acids is 1. The molecule has 4 nitrogen and oxygen atoms in total. The van der Waals surface area contributed by atoms with Crippen LogP contribution in [0.25, 0.3) is 0 Å². The Morgan fingerprint density at radius 1 is 1.58 bits per heavy atom. The van der Waals surface area contributed by atoms with Gasteiger partial charge in [0.15, 0.2) is 0 Å². The van der Waals surface area contributed by atoms with Gasteiger partial charge < -0.3 is 16.4 Å². The molecule has 1 aliphatic rings. The van der Waals surface area contributed by atoms with Gasteiger partial charge in [-0.05, 0) is 32.9 Å². The summed E-state index contributed by atoms with van der Waals surface area (Å²) in [5, 5.41) is 6.15. The summed E-state index contributed by atoms with van der Waals surface area (Å²) in [6, 6.07) is -0.0652. The Kier molecular flexibility index (Phi) is 3.49. The number of carbonyl (C=O) groups is 1. The molecule has 0 bridgehead atoms. The first kappa shape index (κ1) is 9.48. The molecule has 0 unspecified atom stereocenters. The molecule has 1 fully saturated rings. The largest absolute Gasteiger partial charge is 0.352 e. The fourth-order valence-electron chi connectivity index (χ4n) is 1.30. The smallest absolute Gasteiger partial charge is 0.236 e. The average molecular weight is 171 g/mol. The van der Waals surface area contributed by atoms with Crippen LogP contribution in [0.1, 0.15) is 19.8 Å². The molecule has 0 aromatic rings. The van der Waals surface area contributed by atoms with Crippen LogP contribution in [-0.4, -0.2) is 31.1 Å². The summed E-state index contributed by atoms with van der Waals surface area (Å²) in [6.45, 7) is 3.68. The number of rotatable bonds is 2. The highest BCUT2D eigenvalue weighted by Crippen LogP contribution is 2.01. The average Bonchev–Trinajstić information content (AvgIpc) is 2.06. The first-order valence-corrected chi connectivity index (χ1v) is 4.47. The molecule has 1 aliphatic heterocycles. The molecule has 0 saturated carbocycles. The van der Waals surface area contributed by atoms with Crippen LogP contribution in [0.3, 0.4) is 0 Å². The standard InChI is InChI=1S/C8H17N3O/c1-6(9)8(12)11-7-2-4-10-5-3-7/h6-7,10H,2-5,9H2,1H3,(H,11,12)/t6-/m0/s1. The van der Waals surface area contributed by atoms with E-state index in [1.807, 2.05) is 0 Å². The minimum atomic E-state index is -0.389. The fourth-order valence-corrected chi connectivity index (χ4v) is 1.30. The van der Waals surface area contributed by atoms with Gasteiger partial charge in [-0.2, -0.15) is 0 Å². The molecule has 1 rings (SSSR count). The summed E-state index contributed by atoms with van der Waals surface area (Å²) >= 11 is 0. The molecule has 0 spiro atoms. The van der Waals surface area contributed by atoms with Gasteiger partial charge in [0.1, 0.15) is 0 Å². The predicted octanol–water partition coefficient (Wildman–Crippen LogP) is -0.798. The van der Waals surface area contributed by atoms with E-state index in [1.165, 1.54) is 0 Å². The van der Waals surface area contributed by atoms with Crippen LogP contribution in [0.2, 0.25) is 0 Å². The molecule has 12 heavy (non-hydrogen) atoms. The van der Waals surface area contributed by atoms with Crippen molar-refractivity contribution in [1.29, 1.82) is 0 Å². The van der Waals surface area contributed by atoms with Crippen molar-refractivity contribution in [2.24, 2.45) is 5.73 Å². The normalized spacial score (nSPS) is 21.8. The van der Waals surface area contributed by atoms with Crippen molar-refractivity contribution in [2.45, 2.75) is 31.8 Å².